The number of ether oxygens (including phenoxy) is 1. The van der Waals surface area contributed by atoms with E-state index in [-0.39, 0.29) is 0 Å². The summed E-state index contributed by atoms with van der Waals surface area (Å²) in [6, 6.07) is 23.3. The predicted octanol–water partition coefficient (Wildman–Crippen LogP) is -2.58. The van der Waals surface area contributed by atoms with Gasteiger partial charge in [0.2, 0.25) is 5.95 Å². The molecule has 0 saturated carbocycles. The van der Waals surface area contributed by atoms with E-state index < -0.39 is 0 Å². The second kappa shape index (κ2) is 7.91. The topological polar surface area (TPSA) is 32.0 Å². The first-order valence-electron chi connectivity index (χ1n) is 12.0. The van der Waals surface area contributed by atoms with Crippen LogP contribution >= 0.6 is 0 Å². The molecule has 0 bridgehead atoms. The molecule has 2 aromatic heterocycles. The molecule has 35 heavy (non-hydrogen) atoms. The number of methoxy groups -OCH3 is 1. The lowest BCUT2D eigenvalue weighted by molar-refractivity contribution is 0.415. The van der Waals surface area contributed by atoms with Gasteiger partial charge in [-0.25, -0.2) is 4.98 Å². The van der Waals surface area contributed by atoms with E-state index in [1.807, 2.05) is 6.07 Å². The summed E-state index contributed by atoms with van der Waals surface area (Å²) < 4.78 is 10.3. The minimum Gasteiger partial charge on any atom is -0.497 e. The zero-order chi connectivity index (χ0) is 24.4. The molecule has 2 heterocycles. The molecule has 0 atom stereocenters. The van der Waals surface area contributed by atoms with Crippen LogP contribution in [0.2, 0.25) is 0 Å². The molecular weight excluding hydrogens is 424 g/mol. The zero-order valence-electron chi connectivity index (χ0n) is 21.1. The average Bonchev–Trinajstić information content (AvgIpc) is 3.41. The van der Waals surface area contributed by atoms with E-state index in [0.29, 0.717) is 0 Å². The third kappa shape index (κ3) is 3.04. The Balaban J connectivity index is 1.84. The highest BCUT2D eigenvalue weighted by atomic mass is 16.5. The lowest BCUT2D eigenvalue weighted by atomic mass is 9.61. The molecule has 0 aliphatic rings. The third-order valence-corrected chi connectivity index (χ3v) is 7.81. The Hall–Kier alpha value is -3.73. The zero-order valence-corrected chi connectivity index (χ0v) is 21.1. The Morgan fingerprint density at radius 3 is 1.94 bits per heavy atom. The van der Waals surface area contributed by atoms with Crippen molar-refractivity contribution in [2.45, 2.75) is 0 Å². The normalized spacial score (nSPS) is 11.6. The number of rotatable bonds is 3. The molecule has 0 spiro atoms. The summed E-state index contributed by atoms with van der Waals surface area (Å²) in [7, 11) is 12.9. The fourth-order valence-corrected chi connectivity index (χ4v) is 5.49. The first kappa shape index (κ1) is 21.8. The molecule has 0 fully saturated rings. The van der Waals surface area contributed by atoms with Crippen LogP contribution in [0.1, 0.15) is 0 Å². The second-order valence-corrected chi connectivity index (χ2v) is 9.45. The van der Waals surface area contributed by atoms with Crippen molar-refractivity contribution < 1.29 is 4.74 Å². The Morgan fingerprint density at radius 2 is 1.23 bits per heavy atom. The van der Waals surface area contributed by atoms with Gasteiger partial charge >= 0.3 is 0 Å². The number of nitrogens with zero attached hydrogens (tertiary/aromatic N) is 3. The van der Waals surface area contributed by atoms with Crippen molar-refractivity contribution in [3.63, 3.8) is 0 Å². The van der Waals surface area contributed by atoms with E-state index in [1.54, 1.807) is 7.11 Å². The van der Waals surface area contributed by atoms with E-state index in [4.69, 9.17) is 9.72 Å². The van der Waals surface area contributed by atoms with Crippen LogP contribution in [0.25, 0.3) is 44.5 Å². The maximum atomic E-state index is 5.63. The Morgan fingerprint density at radius 1 is 0.629 bits per heavy atom. The predicted molar refractivity (Wildman–Crippen MR) is 163 cm³/mol. The average molecular weight is 449 g/mol. The molecule has 6 rings (SSSR count). The summed E-state index contributed by atoms with van der Waals surface area (Å²) in [4.78, 5) is 5.24. The van der Waals surface area contributed by atoms with Gasteiger partial charge in [0.1, 0.15) is 45.0 Å². The molecule has 4 nitrogen and oxygen atoms in total. The van der Waals surface area contributed by atoms with Crippen molar-refractivity contribution in [3.05, 3.63) is 66.7 Å². The molecule has 0 radical (unpaired) electrons. The first-order chi connectivity index (χ1) is 16.9. The van der Waals surface area contributed by atoms with E-state index in [9.17, 15) is 0 Å². The lowest BCUT2D eigenvalue weighted by Gasteiger charge is -2.23. The van der Waals surface area contributed by atoms with Gasteiger partial charge in [0.15, 0.2) is 0 Å². The van der Waals surface area contributed by atoms with Gasteiger partial charge < -0.3 is 4.74 Å². The largest absolute Gasteiger partial charge is 0.497 e. The highest BCUT2D eigenvalue weighted by Crippen LogP contribution is 2.35. The van der Waals surface area contributed by atoms with Gasteiger partial charge in [0.05, 0.1) is 29.2 Å². The van der Waals surface area contributed by atoms with Gasteiger partial charge in [-0.1, -0.05) is 52.2 Å². The summed E-state index contributed by atoms with van der Waals surface area (Å²) in [6.07, 6.45) is 0. The van der Waals surface area contributed by atoms with Crippen molar-refractivity contribution in [2.24, 2.45) is 0 Å². The minimum atomic E-state index is 0.832. The van der Waals surface area contributed by atoms with Crippen LogP contribution in [0.15, 0.2) is 66.7 Å². The Kier molecular flexibility index (Phi) is 4.92. The molecule has 0 unspecified atom stereocenters. The number of hydrogen-bond donors (Lipinski definition) is 0. The quantitative estimate of drug-likeness (QED) is 0.279. The van der Waals surface area contributed by atoms with Crippen molar-refractivity contribution in [3.8, 4) is 17.4 Å². The number of imidazole rings is 1. The van der Waals surface area contributed by atoms with E-state index in [1.165, 1.54) is 43.8 Å². The molecule has 0 aliphatic carbocycles. The smallest absolute Gasteiger partial charge is 0.220 e. The maximum absolute atomic E-state index is 5.63. The van der Waals surface area contributed by atoms with Gasteiger partial charge in [-0.05, 0) is 30.3 Å². The number of para-hydroxylation sites is 3. The van der Waals surface area contributed by atoms with Crippen LogP contribution in [0.3, 0.4) is 0 Å². The molecule has 9 heteroatoms. The van der Waals surface area contributed by atoms with Crippen LogP contribution in [0.4, 0.5) is 0 Å². The number of benzene rings is 4. The summed E-state index contributed by atoms with van der Waals surface area (Å²) in [5.41, 5.74) is 12.1. The van der Waals surface area contributed by atoms with Crippen molar-refractivity contribution in [1.29, 1.82) is 0 Å². The molecule has 0 saturated heterocycles. The Bertz CT molecular complexity index is 1780. The molecule has 6 aromatic rings. The van der Waals surface area contributed by atoms with Gasteiger partial charge in [-0.2, -0.15) is 0 Å². The van der Waals surface area contributed by atoms with Crippen LogP contribution in [0, 0.1) is 0 Å². The fraction of sp³-hybridized carbons (Fsp3) is 0.0385. The van der Waals surface area contributed by atoms with Gasteiger partial charge in [0, 0.05) is 22.5 Å². The molecule has 0 aliphatic heterocycles. The first-order valence-corrected chi connectivity index (χ1v) is 12.0. The maximum Gasteiger partial charge on any atom is 0.220 e. The summed E-state index contributed by atoms with van der Waals surface area (Å²) >= 11 is 0. The number of hydrogen-bond acceptors (Lipinski definition) is 2. The van der Waals surface area contributed by atoms with Crippen LogP contribution in [-0.2, 0) is 0 Å². The third-order valence-electron chi connectivity index (χ3n) is 7.81. The minimum absolute atomic E-state index is 0.832. The number of aromatic nitrogens is 3. The highest BCUT2D eigenvalue weighted by Gasteiger charge is 2.23. The van der Waals surface area contributed by atoms with Gasteiger partial charge in [-0.15, -0.1) is 5.46 Å². The number of fused-ring (bicyclic) bond motifs is 4. The molecule has 0 amide bonds. The van der Waals surface area contributed by atoms with E-state index in [2.05, 4.69) is 109 Å². The van der Waals surface area contributed by atoms with E-state index >= 15 is 0 Å². The van der Waals surface area contributed by atoms with Crippen molar-refractivity contribution >= 4 is 99.4 Å². The summed E-state index contributed by atoms with van der Waals surface area (Å²) in [6.45, 7) is 0. The van der Waals surface area contributed by atoms with Crippen molar-refractivity contribution in [1.82, 2.24) is 14.1 Å². The highest BCUT2D eigenvalue weighted by molar-refractivity contribution is 6.68. The summed E-state index contributed by atoms with van der Waals surface area (Å²) in [5, 5.41) is 2.39. The standard InChI is InChI=1S/C26H24B5N3O/c1-35-13-10-11-15-14-6-2-4-8-17(14)33(19(15)12-13)26-32-16-7-3-5-9-18(16)34(26)25-23(30)21(28)20(27)22(29)24(25)31/h2-12H,27-31H2,1H3. The second-order valence-electron chi connectivity index (χ2n) is 9.45. The molecule has 0 N–H and O–H groups in total. The Labute approximate surface area is 209 Å². The fourth-order valence-electron chi connectivity index (χ4n) is 5.49. The van der Waals surface area contributed by atoms with Crippen LogP contribution < -0.4 is 32.1 Å². The lowest BCUT2D eigenvalue weighted by Crippen LogP contribution is -2.56. The van der Waals surface area contributed by atoms with E-state index in [0.717, 1.165) is 33.8 Å². The monoisotopic (exact) mass is 449 g/mol. The van der Waals surface area contributed by atoms with Crippen molar-refractivity contribution in [2.75, 3.05) is 7.11 Å². The summed E-state index contributed by atoms with van der Waals surface area (Å²) in [5.74, 6) is 1.72. The molecule has 164 valence electrons. The van der Waals surface area contributed by atoms with Gasteiger partial charge in [-0.3, -0.25) is 9.13 Å². The SMILES string of the molecule is Bc1c(B)c(B)c(-n2c(-n3c4ccccc4c4ccc(OC)cc43)nc3ccccc32)c(B)c1B. The van der Waals surface area contributed by atoms with Crippen LogP contribution in [-0.4, -0.2) is 60.5 Å². The molecular formula is C26H24B5N3O. The van der Waals surface area contributed by atoms with Gasteiger partial charge in [0.25, 0.3) is 0 Å². The van der Waals surface area contributed by atoms with Crippen LogP contribution in [0.5, 0.6) is 5.75 Å². The molecule has 4 aromatic carbocycles.